The summed E-state index contributed by atoms with van der Waals surface area (Å²) in [4.78, 5) is 41.5. The molecule has 3 rings (SSSR count). The number of carbonyl (C=O) groups is 3. The average molecular weight is 389 g/mol. The van der Waals surface area contributed by atoms with Crippen LogP contribution in [0, 0.1) is 13.8 Å². The molecule has 2 aromatic heterocycles. The van der Waals surface area contributed by atoms with Gasteiger partial charge in [-0.25, -0.2) is 9.59 Å². The lowest BCUT2D eigenvalue weighted by Gasteiger charge is -2.12. The lowest BCUT2D eigenvalue weighted by Crippen LogP contribution is -2.18. The van der Waals surface area contributed by atoms with Crippen LogP contribution < -0.4 is 0 Å². The SMILES string of the molecule is CCOC(=O)c1c(C)[nH]c(C)c1C(=O)COC(=O)c1csc2c1CCCC2. The third-order valence-electron chi connectivity index (χ3n) is 4.75. The van der Waals surface area contributed by atoms with Crippen molar-refractivity contribution in [2.45, 2.75) is 46.5 Å². The Morgan fingerprint density at radius 2 is 1.74 bits per heavy atom. The molecule has 0 radical (unpaired) electrons. The van der Waals surface area contributed by atoms with Crippen molar-refractivity contribution < 1.29 is 23.9 Å². The highest BCUT2D eigenvalue weighted by Gasteiger charge is 2.27. The van der Waals surface area contributed by atoms with E-state index in [0.717, 1.165) is 31.2 Å². The molecule has 0 unspecified atom stereocenters. The van der Waals surface area contributed by atoms with E-state index < -0.39 is 24.3 Å². The second-order valence-electron chi connectivity index (χ2n) is 6.60. The average Bonchev–Trinajstić information content (AvgIpc) is 3.20. The van der Waals surface area contributed by atoms with E-state index in [1.54, 1.807) is 32.1 Å². The van der Waals surface area contributed by atoms with Crippen LogP contribution in [0.3, 0.4) is 0 Å². The fourth-order valence-corrected chi connectivity index (χ4v) is 4.65. The number of thiophene rings is 1. The van der Waals surface area contributed by atoms with Gasteiger partial charge in [-0.1, -0.05) is 0 Å². The first kappa shape index (κ1) is 19.4. The molecule has 2 aromatic rings. The third-order valence-corrected chi connectivity index (χ3v) is 5.84. The van der Waals surface area contributed by atoms with E-state index in [9.17, 15) is 14.4 Å². The van der Waals surface area contributed by atoms with Gasteiger partial charge in [-0.15, -0.1) is 11.3 Å². The lowest BCUT2D eigenvalue weighted by atomic mass is 9.96. The molecule has 0 saturated carbocycles. The molecule has 1 N–H and O–H groups in total. The Labute approximate surface area is 161 Å². The number of ketones is 1. The fraction of sp³-hybridized carbons (Fsp3) is 0.450. The van der Waals surface area contributed by atoms with Crippen LogP contribution in [-0.4, -0.2) is 35.9 Å². The van der Waals surface area contributed by atoms with Crippen molar-refractivity contribution in [3.8, 4) is 0 Å². The number of rotatable bonds is 6. The third kappa shape index (κ3) is 3.83. The largest absolute Gasteiger partial charge is 0.462 e. The molecule has 1 aliphatic carbocycles. The Morgan fingerprint density at radius 1 is 1.04 bits per heavy atom. The van der Waals surface area contributed by atoms with Crippen molar-refractivity contribution in [2.24, 2.45) is 0 Å². The molecule has 1 aliphatic rings. The number of hydrogen-bond acceptors (Lipinski definition) is 6. The van der Waals surface area contributed by atoms with Gasteiger partial charge in [0, 0.05) is 21.6 Å². The van der Waals surface area contributed by atoms with Gasteiger partial charge in [0.05, 0.1) is 23.3 Å². The Bertz CT molecular complexity index is 893. The molecule has 0 atom stereocenters. The molecular weight excluding hydrogens is 366 g/mol. The minimum Gasteiger partial charge on any atom is -0.462 e. The Morgan fingerprint density at radius 3 is 2.48 bits per heavy atom. The van der Waals surface area contributed by atoms with Gasteiger partial charge in [0.15, 0.2) is 6.61 Å². The second-order valence-corrected chi connectivity index (χ2v) is 7.57. The Hall–Kier alpha value is -2.41. The molecule has 27 heavy (non-hydrogen) atoms. The topological polar surface area (TPSA) is 85.5 Å². The van der Waals surface area contributed by atoms with Gasteiger partial charge >= 0.3 is 11.9 Å². The maximum Gasteiger partial charge on any atom is 0.340 e. The van der Waals surface area contributed by atoms with Crippen LogP contribution >= 0.6 is 11.3 Å². The second kappa shape index (κ2) is 8.08. The molecule has 6 nitrogen and oxygen atoms in total. The van der Waals surface area contributed by atoms with Crippen molar-refractivity contribution in [3.05, 3.63) is 43.9 Å². The number of nitrogens with one attached hydrogen (secondary N) is 1. The Balaban J connectivity index is 1.74. The summed E-state index contributed by atoms with van der Waals surface area (Å²) >= 11 is 1.58. The van der Waals surface area contributed by atoms with Crippen molar-refractivity contribution in [1.82, 2.24) is 4.98 Å². The van der Waals surface area contributed by atoms with E-state index >= 15 is 0 Å². The number of hydrogen-bond donors (Lipinski definition) is 1. The highest BCUT2D eigenvalue weighted by Crippen LogP contribution is 2.30. The zero-order valence-electron chi connectivity index (χ0n) is 15.8. The summed E-state index contributed by atoms with van der Waals surface area (Å²) in [6.45, 7) is 4.93. The molecule has 0 fully saturated rings. The van der Waals surface area contributed by atoms with Gasteiger partial charge in [-0.3, -0.25) is 4.79 Å². The highest BCUT2D eigenvalue weighted by molar-refractivity contribution is 7.10. The fourth-order valence-electron chi connectivity index (χ4n) is 3.53. The summed E-state index contributed by atoms with van der Waals surface area (Å²) in [6.07, 6.45) is 4.08. The van der Waals surface area contributed by atoms with E-state index in [1.165, 1.54) is 4.88 Å². The first-order valence-electron chi connectivity index (χ1n) is 9.09. The van der Waals surface area contributed by atoms with E-state index in [2.05, 4.69) is 4.98 Å². The predicted molar refractivity (Wildman–Crippen MR) is 102 cm³/mol. The molecule has 7 heteroatoms. The zero-order valence-corrected chi connectivity index (χ0v) is 16.6. The molecule has 0 bridgehead atoms. The molecule has 0 saturated heterocycles. The summed E-state index contributed by atoms with van der Waals surface area (Å²) in [5, 5.41) is 1.82. The number of fused-ring (bicyclic) bond motifs is 1. The maximum atomic E-state index is 12.7. The van der Waals surface area contributed by atoms with Gasteiger partial charge in [0.2, 0.25) is 5.78 Å². The summed E-state index contributed by atoms with van der Waals surface area (Å²) in [6, 6.07) is 0. The molecule has 0 amide bonds. The number of H-pyrrole nitrogens is 1. The number of aromatic nitrogens is 1. The zero-order chi connectivity index (χ0) is 19.6. The molecular formula is C20H23NO5S. The lowest BCUT2D eigenvalue weighted by molar-refractivity contribution is 0.0471. The number of aromatic amines is 1. The van der Waals surface area contributed by atoms with Crippen molar-refractivity contribution in [2.75, 3.05) is 13.2 Å². The van der Waals surface area contributed by atoms with Crippen LogP contribution in [0.1, 0.15) is 72.7 Å². The summed E-state index contributed by atoms with van der Waals surface area (Å²) in [5.41, 5.74) is 3.19. The smallest absolute Gasteiger partial charge is 0.340 e. The summed E-state index contributed by atoms with van der Waals surface area (Å²) in [7, 11) is 0. The van der Waals surface area contributed by atoms with E-state index in [0.29, 0.717) is 17.0 Å². The van der Waals surface area contributed by atoms with Crippen molar-refractivity contribution in [3.63, 3.8) is 0 Å². The number of esters is 2. The van der Waals surface area contributed by atoms with Gasteiger partial charge in [0.25, 0.3) is 0 Å². The van der Waals surface area contributed by atoms with Crippen LogP contribution in [0.25, 0.3) is 0 Å². The van der Waals surface area contributed by atoms with E-state index in [1.807, 2.05) is 5.38 Å². The van der Waals surface area contributed by atoms with Gasteiger partial charge in [-0.2, -0.15) is 0 Å². The number of aryl methyl sites for hydroxylation is 3. The van der Waals surface area contributed by atoms with Crippen LogP contribution in [-0.2, 0) is 22.3 Å². The maximum absolute atomic E-state index is 12.7. The molecule has 144 valence electrons. The van der Waals surface area contributed by atoms with E-state index in [4.69, 9.17) is 9.47 Å². The van der Waals surface area contributed by atoms with Crippen LogP contribution in [0.2, 0.25) is 0 Å². The number of carbonyl (C=O) groups excluding carboxylic acids is 3. The van der Waals surface area contributed by atoms with Crippen LogP contribution in [0.4, 0.5) is 0 Å². The van der Waals surface area contributed by atoms with Gasteiger partial charge < -0.3 is 14.5 Å². The summed E-state index contributed by atoms with van der Waals surface area (Å²) < 4.78 is 10.3. The first-order valence-corrected chi connectivity index (χ1v) is 9.97. The molecule has 0 aromatic carbocycles. The predicted octanol–water partition coefficient (Wildman–Crippen LogP) is 3.79. The quantitative estimate of drug-likeness (QED) is 0.600. The summed E-state index contributed by atoms with van der Waals surface area (Å²) in [5.74, 6) is -1.45. The van der Waals surface area contributed by atoms with Crippen molar-refractivity contribution >= 4 is 29.1 Å². The van der Waals surface area contributed by atoms with Gasteiger partial charge in [0.1, 0.15) is 0 Å². The van der Waals surface area contributed by atoms with Crippen molar-refractivity contribution in [1.29, 1.82) is 0 Å². The molecule has 0 spiro atoms. The minimum atomic E-state index is -0.555. The van der Waals surface area contributed by atoms with Gasteiger partial charge in [-0.05, 0) is 52.0 Å². The highest BCUT2D eigenvalue weighted by atomic mass is 32.1. The van der Waals surface area contributed by atoms with E-state index in [-0.39, 0.29) is 17.7 Å². The molecule has 0 aliphatic heterocycles. The standard InChI is InChI=1S/C20H23NO5S/c1-4-25-20(24)18-12(3)21-11(2)17(18)15(22)9-26-19(23)14-10-27-16-8-6-5-7-13(14)16/h10,21H,4-9H2,1-3H3. The Kier molecular flexibility index (Phi) is 5.79. The monoisotopic (exact) mass is 389 g/mol. The van der Waals surface area contributed by atoms with Crippen LogP contribution in [0.5, 0.6) is 0 Å². The molecule has 2 heterocycles. The first-order chi connectivity index (χ1) is 12.9. The normalized spacial score (nSPS) is 13.1. The van der Waals surface area contributed by atoms with Crippen LogP contribution in [0.15, 0.2) is 5.38 Å². The number of ether oxygens (including phenoxy) is 2. The minimum absolute atomic E-state index is 0.211. The number of Topliss-reactive ketones (excluding diaryl/α,β-unsaturated/α-hetero) is 1.